The quantitative estimate of drug-likeness (QED) is 0.161. The third-order valence-electron chi connectivity index (χ3n) is 10.6. The van der Waals surface area contributed by atoms with Gasteiger partial charge in [-0.2, -0.15) is 0 Å². The number of nitrogens with zero attached hydrogens (tertiary/aromatic N) is 1. The zero-order chi connectivity index (χ0) is 33.3. The predicted molar refractivity (Wildman–Crippen MR) is 189 cm³/mol. The first-order valence-electron chi connectivity index (χ1n) is 16.9. The number of anilines is 2. The Kier molecular flexibility index (Phi) is 9.63. The molecule has 3 fully saturated rings. The Balaban J connectivity index is 1.02. The first kappa shape index (κ1) is 33.4. The van der Waals surface area contributed by atoms with E-state index in [-0.39, 0.29) is 17.0 Å². The van der Waals surface area contributed by atoms with Crippen molar-refractivity contribution in [3.05, 3.63) is 83.9 Å². The summed E-state index contributed by atoms with van der Waals surface area (Å²) in [5, 5.41) is 6.24. The summed E-state index contributed by atoms with van der Waals surface area (Å²) in [4.78, 5) is 28.3. The monoisotopic (exact) mass is 655 g/mol. The van der Waals surface area contributed by atoms with Gasteiger partial charge in [0.1, 0.15) is 18.3 Å². The third kappa shape index (κ3) is 7.80. The molecule has 3 aromatic rings. The van der Waals surface area contributed by atoms with E-state index in [0.29, 0.717) is 55.8 Å². The number of epoxide rings is 1. The normalized spacial score (nSPS) is 23.6. The van der Waals surface area contributed by atoms with Crippen molar-refractivity contribution in [1.29, 1.82) is 0 Å². The predicted octanol–water partition coefficient (Wildman–Crippen LogP) is 8.00. The molecule has 3 aliphatic rings. The lowest BCUT2D eigenvalue weighted by Gasteiger charge is -2.37. The standard InChI is InChI=1S/C38H49N3O5Si/c1-38(2,3)47(5,6)44-24-26-15-18-28(19-16-26)39-34(42)14-10-11-25-17-20-30(27-12-8-7-9-13-27)31(21-25)40-37(43)45-29-22-32-35-36(46-35)33(23-29)41(32)4/h7-9,12-13,15-21,29,32-33,35-36H,10-11,14,22-24H2,1-6H3,(H,39,42)(H,40,43)/t29?,32-,33+,35-,36+. The molecular weight excluding hydrogens is 607 g/mol. The van der Waals surface area contributed by atoms with Gasteiger partial charge in [0.05, 0.1) is 12.3 Å². The number of piperidine rings is 1. The van der Waals surface area contributed by atoms with E-state index in [9.17, 15) is 9.59 Å². The van der Waals surface area contributed by atoms with Crippen molar-refractivity contribution in [3.8, 4) is 11.1 Å². The molecule has 3 aromatic carbocycles. The number of ether oxygens (including phenoxy) is 2. The average molecular weight is 656 g/mol. The Hall–Kier alpha value is -3.50. The van der Waals surface area contributed by atoms with E-state index in [1.807, 2.05) is 66.7 Å². The number of rotatable bonds is 11. The molecule has 5 atom stereocenters. The van der Waals surface area contributed by atoms with Crippen LogP contribution in [0.25, 0.3) is 11.1 Å². The van der Waals surface area contributed by atoms with E-state index in [0.717, 1.165) is 40.8 Å². The highest BCUT2D eigenvalue weighted by molar-refractivity contribution is 6.74. The van der Waals surface area contributed by atoms with Crippen molar-refractivity contribution in [2.45, 2.75) is 108 Å². The van der Waals surface area contributed by atoms with Crippen LogP contribution in [-0.4, -0.2) is 62.7 Å². The van der Waals surface area contributed by atoms with Gasteiger partial charge in [0.2, 0.25) is 5.91 Å². The van der Waals surface area contributed by atoms with Crippen LogP contribution < -0.4 is 10.6 Å². The maximum atomic E-state index is 13.2. The van der Waals surface area contributed by atoms with E-state index in [1.165, 1.54) is 0 Å². The smallest absolute Gasteiger partial charge is 0.411 e. The van der Waals surface area contributed by atoms with E-state index >= 15 is 0 Å². The zero-order valence-electron chi connectivity index (χ0n) is 28.5. The van der Waals surface area contributed by atoms with Gasteiger partial charge in [-0.1, -0.05) is 75.4 Å². The topological polar surface area (TPSA) is 92.4 Å². The summed E-state index contributed by atoms with van der Waals surface area (Å²) in [6.45, 7) is 11.8. The van der Waals surface area contributed by atoms with Crippen molar-refractivity contribution in [2.24, 2.45) is 0 Å². The molecule has 2 bridgehead atoms. The molecule has 9 heteroatoms. The summed E-state index contributed by atoms with van der Waals surface area (Å²) in [6, 6.07) is 24.7. The van der Waals surface area contributed by atoms with Crippen LogP contribution in [0, 0.1) is 0 Å². The lowest BCUT2D eigenvalue weighted by molar-refractivity contribution is -0.116. The third-order valence-corrected chi connectivity index (χ3v) is 15.0. The minimum atomic E-state index is -1.82. The Morgan fingerprint density at radius 3 is 2.23 bits per heavy atom. The van der Waals surface area contributed by atoms with Crippen LogP contribution in [0.3, 0.4) is 0 Å². The highest BCUT2D eigenvalue weighted by atomic mass is 28.4. The largest absolute Gasteiger partial charge is 0.446 e. The molecule has 3 aliphatic heterocycles. The van der Waals surface area contributed by atoms with Gasteiger partial charge in [-0.05, 0) is 72.9 Å². The molecule has 1 unspecified atom stereocenters. The molecule has 6 rings (SSSR count). The molecule has 3 heterocycles. The number of carbonyl (C=O) groups excluding carboxylic acids is 2. The molecule has 0 aliphatic carbocycles. The lowest BCUT2D eigenvalue weighted by Crippen LogP contribution is -2.48. The molecule has 250 valence electrons. The SMILES string of the molecule is CN1[C@@H]2CC(OC(=O)Nc3cc(CCCC(=O)Nc4ccc(CO[Si](C)(C)C(C)(C)C)cc4)ccc3-c3ccccc3)C[C@H]1[C@@H]1O[C@@H]12. The van der Waals surface area contributed by atoms with Gasteiger partial charge >= 0.3 is 6.09 Å². The Morgan fingerprint density at radius 2 is 1.57 bits per heavy atom. The summed E-state index contributed by atoms with van der Waals surface area (Å²) in [5.41, 5.74) is 5.59. The molecule has 2 N–H and O–H groups in total. The zero-order valence-corrected chi connectivity index (χ0v) is 29.5. The average Bonchev–Trinajstić information content (AvgIpc) is 3.79. The van der Waals surface area contributed by atoms with Gasteiger partial charge in [0.25, 0.3) is 0 Å². The Morgan fingerprint density at radius 1 is 0.915 bits per heavy atom. The number of fused-ring (bicyclic) bond motifs is 5. The van der Waals surface area contributed by atoms with Gasteiger partial charge in [-0.25, -0.2) is 4.79 Å². The highest BCUT2D eigenvalue weighted by Crippen LogP contribution is 2.48. The molecule has 0 spiro atoms. The van der Waals surface area contributed by atoms with Crippen molar-refractivity contribution in [1.82, 2.24) is 4.90 Å². The van der Waals surface area contributed by atoms with Crippen LogP contribution in [0.2, 0.25) is 18.1 Å². The fraction of sp³-hybridized carbons (Fsp3) is 0.474. The second kappa shape index (κ2) is 13.5. The van der Waals surface area contributed by atoms with Gasteiger partial charge in [0, 0.05) is 42.6 Å². The molecule has 0 saturated carbocycles. The van der Waals surface area contributed by atoms with Gasteiger partial charge in [-0.15, -0.1) is 0 Å². The number of carbonyl (C=O) groups is 2. The number of nitrogens with one attached hydrogen (secondary N) is 2. The van der Waals surface area contributed by atoms with E-state index in [2.05, 4.69) is 62.5 Å². The minimum Gasteiger partial charge on any atom is -0.446 e. The molecule has 3 saturated heterocycles. The van der Waals surface area contributed by atoms with Crippen molar-refractivity contribution < 1.29 is 23.5 Å². The molecule has 8 nitrogen and oxygen atoms in total. The summed E-state index contributed by atoms with van der Waals surface area (Å²) < 4.78 is 18.1. The number of amides is 2. The van der Waals surface area contributed by atoms with E-state index < -0.39 is 14.4 Å². The second-order valence-electron chi connectivity index (χ2n) is 14.9. The Bertz CT molecular complexity index is 1550. The summed E-state index contributed by atoms with van der Waals surface area (Å²) >= 11 is 0. The van der Waals surface area contributed by atoms with Crippen molar-refractivity contribution in [2.75, 3.05) is 17.7 Å². The summed E-state index contributed by atoms with van der Waals surface area (Å²) in [5.74, 6) is -0.0202. The molecule has 2 amide bonds. The fourth-order valence-electron chi connectivity index (χ4n) is 6.65. The highest BCUT2D eigenvalue weighted by Gasteiger charge is 2.62. The van der Waals surface area contributed by atoms with Crippen LogP contribution in [-0.2, 0) is 31.7 Å². The molecule has 0 radical (unpaired) electrons. The Labute approximate surface area is 280 Å². The van der Waals surface area contributed by atoms with Crippen LogP contribution in [0.15, 0.2) is 72.8 Å². The molecule has 47 heavy (non-hydrogen) atoms. The van der Waals surface area contributed by atoms with E-state index in [1.54, 1.807) is 0 Å². The van der Waals surface area contributed by atoms with Crippen molar-refractivity contribution >= 4 is 31.7 Å². The minimum absolute atomic E-state index is 0.0202. The van der Waals surface area contributed by atoms with Crippen LogP contribution in [0.1, 0.15) is 57.6 Å². The van der Waals surface area contributed by atoms with Gasteiger partial charge < -0.3 is 19.2 Å². The first-order chi connectivity index (χ1) is 22.4. The number of hydrogen-bond donors (Lipinski definition) is 2. The lowest BCUT2D eigenvalue weighted by atomic mass is 9.99. The maximum absolute atomic E-state index is 13.2. The van der Waals surface area contributed by atoms with Gasteiger partial charge in [0.15, 0.2) is 8.32 Å². The fourth-order valence-corrected chi connectivity index (χ4v) is 7.61. The number of morpholine rings is 1. The number of hydrogen-bond acceptors (Lipinski definition) is 6. The first-order valence-corrected chi connectivity index (χ1v) is 19.8. The second-order valence-corrected chi connectivity index (χ2v) is 19.7. The maximum Gasteiger partial charge on any atom is 0.411 e. The number of likely N-dealkylation sites (N-methyl/N-ethyl adjacent to an activating group) is 1. The van der Waals surface area contributed by atoms with Crippen LogP contribution in [0.5, 0.6) is 0 Å². The molecule has 0 aromatic heterocycles. The summed E-state index contributed by atoms with van der Waals surface area (Å²) in [7, 11) is 0.326. The molecular formula is C38H49N3O5Si. The number of benzene rings is 3. The van der Waals surface area contributed by atoms with E-state index in [4.69, 9.17) is 13.9 Å². The van der Waals surface area contributed by atoms with Crippen molar-refractivity contribution in [3.63, 3.8) is 0 Å². The number of aryl methyl sites for hydroxylation is 1. The summed E-state index contributed by atoms with van der Waals surface area (Å²) in [6.07, 6.45) is 3.41. The van der Waals surface area contributed by atoms with Crippen LogP contribution >= 0.6 is 0 Å². The van der Waals surface area contributed by atoms with Gasteiger partial charge in [-0.3, -0.25) is 15.0 Å². The van der Waals surface area contributed by atoms with Crippen LogP contribution in [0.4, 0.5) is 16.2 Å².